The molecule has 0 radical (unpaired) electrons. The number of carbonyl (C=O) groups is 1. The van der Waals surface area contributed by atoms with E-state index in [0.29, 0.717) is 23.6 Å². The fourth-order valence-electron chi connectivity index (χ4n) is 3.73. The molecule has 0 spiro atoms. The van der Waals surface area contributed by atoms with Crippen molar-refractivity contribution >= 4 is 26.6 Å². The molecule has 0 aliphatic rings. The number of pyridine rings is 1. The highest BCUT2D eigenvalue weighted by molar-refractivity contribution is 7.90. The molecule has 0 atom stereocenters. The van der Waals surface area contributed by atoms with E-state index in [-0.39, 0.29) is 39.1 Å². The second-order valence-electron chi connectivity index (χ2n) is 8.36. The lowest BCUT2D eigenvalue weighted by atomic mass is 10.0. The third-order valence-electron chi connectivity index (χ3n) is 5.80. The Balaban J connectivity index is 2.00. The minimum Gasteiger partial charge on any atom is -0.454 e. The van der Waals surface area contributed by atoms with Gasteiger partial charge in [-0.15, -0.1) is 0 Å². The molecular formula is C25H23F2N3O5S. The van der Waals surface area contributed by atoms with Gasteiger partial charge in [0, 0.05) is 55.7 Å². The summed E-state index contributed by atoms with van der Waals surface area (Å²) in [6.07, 6.45) is 2.52. The summed E-state index contributed by atoms with van der Waals surface area (Å²) in [4.78, 5) is 29.9. The van der Waals surface area contributed by atoms with Crippen LogP contribution >= 0.6 is 0 Å². The van der Waals surface area contributed by atoms with Crippen LogP contribution in [0.4, 0.5) is 8.78 Å². The number of nitrogens with one attached hydrogen (secondary N) is 1. The van der Waals surface area contributed by atoms with E-state index in [2.05, 4.69) is 4.98 Å². The second-order valence-corrected chi connectivity index (χ2v) is 10.4. The van der Waals surface area contributed by atoms with Crippen molar-refractivity contribution in [2.45, 2.75) is 11.8 Å². The summed E-state index contributed by atoms with van der Waals surface area (Å²) in [6.45, 7) is 2.25. The highest BCUT2D eigenvalue weighted by Gasteiger charge is 2.22. The van der Waals surface area contributed by atoms with Crippen LogP contribution in [0.2, 0.25) is 0 Å². The number of rotatable bonds is 6. The lowest BCUT2D eigenvalue weighted by Gasteiger charge is -2.15. The van der Waals surface area contributed by atoms with Crippen LogP contribution < -0.4 is 10.3 Å². The number of H-pyrrole nitrogens is 1. The van der Waals surface area contributed by atoms with Crippen LogP contribution in [0.15, 0.2) is 58.4 Å². The molecular weight excluding hydrogens is 492 g/mol. The maximum Gasteiger partial charge on any atom is 0.274 e. The summed E-state index contributed by atoms with van der Waals surface area (Å²) in [7, 11) is -0.524. The van der Waals surface area contributed by atoms with Gasteiger partial charge in [-0.25, -0.2) is 17.2 Å². The van der Waals surface area contributed by atoms with Gasteiger partial charge in [-0.05, 0) is 43.3 Å². The molecule has 0 aliphatic carbocycles. The first-order valence-corrected chi connectivity index (χ1v) is 12.7. The first kappa shape index (κ1) is 25.1. The number of hydrogen-bond donors (Lipinski definition) is 1. The lowest BCUT2D eigenvalue weighted by molar-refractivity contribution is 0.0797. The van der Waals surface area contributed by atoms with Gasteiger partial charge in [0.15, 0.2) is 21.4 Å². The first-order valence-electron chi connectivity index (χ1n) is 10.9. The van der Waals surface area contributed by atoms with E-state index in [0.717, 1.165) is 18.4 Å². The van der Waals surface area contributed by atoms with E-state index < -0.39 is 27.0 Å². The van der Waals surface area contributed by atoms with Crippen molar-refractivity contribution in [1.29, 1.82) is 0 Å². The first-order chi connectivity index (χ1) is 16.9. The van der Waals surface area contributed by atoms with E-state index >= 15 is 0 Å². The van der Waals surface area contributed by atoms with E-state index in [1.807, 2.05) is 0 Å². The molecule has 0 unspecified atom stereocenters. The zero-order chi connectivity index (χ0) is 26.4. The minimum absolute atomic E-state index is 0.0380. The number of hydrogen-bond acceptors (Lipinski definition) is 5. The minimum atomic E-state index is -3.65. The van der Waals surface area contributed by atoms with Gasteiger partial charge in [-0.1, -0.05) is 0 Å². The molecule has 0 saturated carbocycles. The summed E-state index contributed by atoms with van der Waals surface area (Å²) in [5.74, 6) is -2.28. The van der Waals surface area contributed by atoms with Crippen LogP contribution in [0.1, 0.15) is 17.4 Å². The van der Waals surface area contributed by atoms with Gasteiger partial charge < -0.3 is 19.2 Å². The summed E-state index contributed by atoms with van der Waals surface area (Å²) in [6, 6.07) is 8.32. The zero-order valence-electron chi connectivity index (χ0n) is 19.9. The van der Waals surface area contributed by atoms with Crippen LogP contribution in [0.25, 0.3) is 22.0 Å². The molecule has 4 rings (SSSR count). The van der Waals surface area contributed by atoms with E-state index in [9.17, 15) is 26.8 Å². The summed E-state index contributed by atoms with van der Waals surface area (Å²) >= 11 is 0. The smallest absolute Gasteiger partial charge is 0.274 e. The van der Waals surface area contributed by atoms with Gasteiger partial charge in [0.25, 0.3) is 11.5 Å². The Labute approximate surface area is 205 Å². The molecule has 0 bridgehead atoms. The maximum atomic E-state index is 14.4. The lowest BCUT2D eigenvalue weighted by Crippen LogP contribution is -2.26. The summed E-state index contributed by atoms with van der Waals surface area (Å²) < 4.78 is 59.4. The molecule has 1 amide bonds. The van der Waals surface area contributed by atoms with Crippen LogP contribution in [0.5, 0.6) is 11.5 Å². The quantitative estimate of drug-likeness (QED) is 0.417. The number of fused-ring (bicyclic) bond motifs is 1. The Morgan fingerprint density at radius 2 is 1.78 bits per heavy atom. The molecule has 36 heavy (non-hydrogen) atoms. The standard InChI is InChI=1S/C25H23F2N3O5S/c1-5-29(2)24(31)20-12-17-18(13-30(3)25(32)23(17)28-20)16-11-15(36(4,33)34)7-9-21(16)35-22-8-6-14(26)10-19(22)27/h6-13,28H,5H2,1-4H3. The summed E-state index contributed by atoms with van der Waals surface area (Å²) in [5, 5.41) is 0.348. The van der Waals surface area contributed by atoms with Crippen molar-refractivity contribution < 1.29 is 26.7 Å². The molecule has 0 fully saturated rings. The number of carbonyl (C=O) groups excluding carboxylic acids is 1. The summed E-state index contributed by atoms with van der Waals surface area (Å²) in [5.41, 5.74) is 0.490. The topological polar surface area (TPSA) is 101 Å². The Morgan fingerprint density at radius 1 is 1.08 bits per heavy atom. The highest BCUT2D eigenvalue weighted by Crippen LogP contribution is 2.39. The van der Waals surface area contributed by atoms with Gasteiger partial charge in [0.2, 0.25) is 0 Å². The average Bonchev–Trinajstić information content (AvgIpc) is 3.27. The molecule has 0 aliphatic heterocycles. The largest absolute Gasteiger partial charge is 0.454 e. The van der Waals surface area contributed by atoms with Crippen LogP contribution in [0, 0.1) is 11.6 Å². The number of amides is 1. The van der Waals surface area contributed by atoms with Crippen molar-refractivity contribution in [3.8, 4) is 22.6 Å². The molecule has 188 valence electrons. The molecule has 0 saturated heterocycles. The van der Waals surface area contributed by atoms with Crippen LogP contribution in [-0.2, 0) is 16.9 Å². The molecule has 11 heteroatoms. The predicted molar refractivity (Wildman–Crippen MR) is 131 cm³/mol. The fraction of sp³-hybridized carbons (Fsp3) is 0.200. The molecule has 4 aromatic rings. The Kier molecular flexibility index (Phi) is 6.44. The molecule has 2 heterocycles. The third-order valence-corrected chi connectivity index (χ3v) is 6.91. The van der Waals surface area contributed by atoms with Gasteiger partial charge in [0.1, 0.15) is 22.8 Å². The van der Waals surface area contributed by atoms with Crippen molar-refractivity contribution in [3.05, 3.63) is 76.3 Å². The molecule has 8 nitrogen and oxygen atoms in total. The van der Waals surface area contributed by atoms with Crippen molar-refractivity contribution in [2.24, 2.45) is 7.05 Å². The van der Waals surface area contributed by atoms with Crippen molar-refractivity contribution in [1.82, 2.24) is 14.5 Å². The monoisotopic (exact) mass is 515 g/mol. The van der Waals surface area contributed by atoms with Crippen molar-refractivity contribution in [3.63, 3.8) is 0 Å². The Hall–Kier alpha value is -3.99. The number of ether oxygens (including phenoxy) is 1. The van der Waals surface area contributed by atoms with Crippen LogP contribution in [0.3, 0.4) is 0 Å². The van der Waals surface area contributed by atoms with E-state index in [1.54, 1.807) is 14.0 Å². The van der Waals surface area contributed by atoms with Gasteiger partial charge >= 0.3 is 0 Å². The van der Waals surface area contributed by atoms with E-state index in [4.69, 9.17) is 4.74 Å². The number of aromatic amines is 1. The highest BCUT2D eigenvalue weighted by atomic mass is 32.2. The van der Waals surface area contributed by atoms with Gasteiger partial charge in [-0.3, -0.25) is 9.59 Å². The Bertz CT molecular complexity index is 1680. The maximum absolute atomic E-state index is 14.4. The van der Waals surface area contributed by atoms with Gasteiger partial charge in [-0.2, -0.15) is 0 Å². The normalized spacial score (nSPS) is 11.6. The van der Waals surface area contributed by atoms with Crippen LogP contribution in [-0.4, -0.2) is 48.6 Å². The Morgan fingerprint density at radius 3 is 2.42 bits per heavy atom. The number of aromatic nitrogens is 2. The van der Waals surface area contributed by atoms with Crippen molar-refractivity contribution in [2.75, 3.05) is 19.8 Å². The number of halogens is 2. The SMILES string of the molecule is CCN(C)C(=O)c1cc2c(-c3cc(S(C)(=O)=O)ccc3Oc3ccc(F)cc3F)cn(C)c(=O)c2[nH]1. The molecule has 2 aromatic carbocycles. The average molecular weight is 516 g/mol. The predicted octanol–water partition coefficient (Wildman–Crippen LogP) is 4.10. The van der Waals surface area contributed by atoms with Gasteiger partial charge in [0.05, 0.1) is 4.90 Å². The fourth-order valence-corrected chi connectivity index (χ4v) is 4.38. The number of aryl methyl sites for hydroxylation is 1. The number of sulfone groups is 1. The molecule has 1 N–H and O–H groups in total. The van der Waals surface area contributed by atoms with E-state index in [1.165, 1.54) is 47.0 Å². The molecule has 2 aromatic heterocycles. The second kappa shape index (κ2) is 9.23. The zero-order valence-corrected chi connectivity index (χ0v) is 20.7. The number of nitrogens with zero attached hydrogens (tertiary/aromatic N) is 2. The number of benzene rings is 2. The third kappa shape index (κ3) is 4.61.